The quantitative estimate of drug-likeness (QED) is 0.790. The first kappa shape index (κ1) is 16.5. The number of hydrogen-bond donors (Lipinski definition) is 3. The minimum atomic E-state index is -0.605. The zero-order valence-corrected chi connectivity index (χ0v) is 13.2. The van der Waals surface area contributed by atoms with E-state index in [0.717, 1.165) is 16.7 Å². The van der Waals surface area contributed by atoms with Crippen molar-refractivity contribution in [3.8, 4) is 0 Å². The first-order valence-corrected chi connectivity index (χ1v) is 7.31. The van der Waals surface area contributed by atoms with E-state index in [4.69, 9.17) is 5.73 Å². The van der Waals surface area contributed by atoms with E-state index in [1.807, 2.05) is 32.0 Å². The summed E-state index contributed by atoms with van der Waals surface area (Å²) >= 11 is 0. The molecule has 0 saturated heterocycles. The lowest BCUT2D eigenvalue weighted by molar-refractivity contribution is -0.121. The van der Waals surface area contributed by atoms with Crippen LogP contribution < -0.4 is 16.4 Å². The third-order valence-electron chi connectivity index (χ3n) is 3.54. The molecule has 3 amide bonds. The third-order valence-corrected chi connectivity index (χ3v) is 3.54. The lowest BCUT2D eigenvalue weighted by Gasteiger charge is -2.15. The molecule has 2 rings (SSSR count). The van der Waals surface area contributed by atoms with Crippen LogP contribution in [-0.2, 0) is 11.2 Å². The van der Waals surface area contributed by atoms with Gasteiger partial charge >= 0.3 is 6.03 Å². The van der Waals surface area contributed by atoms with Crippen molar-refractivity contribution in [3.63, 3.8) is 0 Å². The van der Waals surface area contributed by atoms with Gasteiger partial charge in [0.2, 0.25) is 5.91 Å². The van der Waals surface area contributed by atoms with E-state index in [1.165, 1.54) is 0 Å². The van der Waals surface area contributed by atoms with Crippen molar-refractivity contribution in [1.29, 1.82) is 0 Å². The largest absolute Gasteiger partial charge is 0.351 e. The molecule has 0 aliphatic rings. The minimum Gasteiger partial charge on any atom is -0.351 e. The molecule has 6 nitrogen and oxygen atoms in total. The number of nitrogens with one attached hydrogen (secondary N) is 2. The Hall–Kier alpha value is -2.89. The number of pyridine rings is 1. The second-order valence-electron chi connectivity index (χ2n) is 5.38. The van der Waals surface area contributed by atoms with Crippen molar-refractivity contribution >= 4 is 17.6 Å². The van der Waals surface area contributed by atoms with Crippen LogP contribution in [0.3, 0.4) is 0 Å². The van der Waals surface area contributed by atoms with Gasteiger partial charge in [-0.05, 0) is 48.7 Å². The summed E-state index contributed by atoms with van der Waals surface area (Å²) < 4.78 is 0. The van der Waals surface area contributed by atoms with Crippen LogP contribution in [0.25, 0.3) is 0 Å². The molecule has 0 aliphatic heterocycles. The van der Waals surface area contributed by atoms with Gasteiger partial charge in [0.25, 0.3) is 0 Å². The van der Waals surface area contributed by atoms with Gasteiger partial charge in [0.15, 0.2) is 0 Å². The van der Waals surface area contributed by atoms with Gasteiger partial charge < -0.3 is 16.4 Å². The van der Waals surface area contributed by atoms with Gasteiger partial charge in [-0.2, -0.15) is 0 Å². The van der Waals surface area contributed by atoms with E-state index >= 15 is 0 Å². The smallest absolute Gasteiger partial charge is 0.316 e. The zero-order valence-electron chi connectivity index (χ0n) is 13.2. The number of amides is 3. The minimum absolute atomic E-state index is 0.0499. The Balaban J connectivity index is 1.95. The molecule has 1 heterocycles. The topological polar surface area (TPSA) is 97.1 Å². The maximum Gasteiger partial charge on any atom is 0.316 e. The number of anilines is 1. The van der Waals surface area contributed by atoms with Crippen LogP contribution in [0.15, 0.2) is 42.7 Å². The fourth-order valence-corrected chi connectivity index (χ4v) is 2.25. The molecule has 0 aliphatic carbocycles. The van der Waals surface area contributed by atoms with Crippen molar-refractivity contribution in [2.45, 2.75) is 26.3 Å². The monoisotopic (exact) mass is 312 g/mol. The van der Waals surface area contributed by atoms with Crippen LogP contribution in [0, 0.1) is 6.92 Å². The van der Waals surface area contributed by atoms with Crippen LogP contribution in [0.4, 0.5) is 10.5 Å². The molecule has 2 aromatic rings. The van der Waals surface area contributed by atoms with Gasteiger partial charge in [-0.3, -0.25) is 9.78 Å². The summed E-state index contributed by atoms with van der Waals surface area (Å²) in [5, 5.41) is 5.46. The summed E-state index contributed by atoms with van der Waals surface area (Å²) in [7, 11) is 0. The van der Waals surface area contributed by atoms with Crippen LogP contribution in [0.5, 0.6) is 0 Å². The Morgan fingerprint density at radius 1 is 1.22 bits per heavy atom. The van der Waals surface area contributed by atoms with Gasteiger partial charge in [0, 0.05) is 18.1 Å². The first-order chi connectivity index (χ1) is 11.0. The highest BCUT2D eigenvalue weighted by Crippen LogP contribution is 2.16. The fraction of sp³-hybridized carbons (Fsp3) is 0.235. The molecule has 0 fully saturated rings. The fourth-order valence-electron chi connectivity index (χ4n) is 2.25. The van der Waals surface area contributed by atoms with Gasteiger partial charge in [-0.1, -0.05) is 12.1 Å². The second kappa shape index (κ2) is 7.40. The average Bonchev–Trinajstić information content (AvgIpc) is 2.49. The van der Waals surface area contributed by atoms with Gasteiger partial charge in [0.1, 0.15) is 0 Å². The predicted octanol–water partition coefficient (Wildman–Crippen LogP) is 2.30. The van der Waals surface area contributed by atoms with Crippen LogP contribution >= 0.6 is 0 Å². The zero-order chi connectivity index (χ0) is 16.8. The number of benzene rings is 1. The van der Waals surface area contributed by atoms with Gasteiger partial charge in [-0.15, -0.1) is 0 Å². The van der Waals surface area contributed by atoms with E-state index in [-0.39, 0.29) is 11.9 Å². The molecule has 0 radical (unpaired) electrons. The Bertz CT molecular complexity index is 698. The standard InChI is InChI=1S/C17H20N4O2/c1-11-10-19-8-7-14(11)9-16(22)20-12(2)13-3-5-15(6-4-13)21-17(18)23/h3-8,10,12H,9H2,1-2H3,(H,20,22)(H3,18,21,23). The SMILES string of the molecule is Cc1cnccc1CC(=O)NC(C)c1ccc(NC(N)=O)cc1. The summed E-state index contributed by atoms with van der Waals surface area (Å²) in [6.07, 6.45) is 3.75. The number of carbonyl (C=O) groups is 2. The summed E-state index contributed by atoms with van der Waals surface area (Å²) in [4.78, 5) is 27.0. The van der Waals surface area contributed by atoms with Crippen LogP contribution in [0.2, 0.25) is 0 Å². The van der Waals surface area contributed by atoms with Crippen molar-refractivity contribution in [2.75, 3.05) is 5.32 Å². The molecule has 0 saturated carbocycles. The predicted molar refractivity (Wildman–Crippen MR) is 88.9 cm³/mol. The number of aryl methyl sites for hydroxylation is 1. The molecule has 1 aromatic carbocycles. The van der Waals surface area contributed by atoms with Crippen molar-refractivity contribution in [3.05, 3.63) is 59.4 Å². The highest BCUT2D eigenvalue weighted by atomic mass is 16.2. The molecule has 120 valence electrons. The lowest BCUT2D eigenvalue weighted by Crippen LogP contribution is -2.28. The Morgan fingerprint density at radius 2 is 1.91 bits per heavy atom. The van der Waals surface area contributed by atoms with Crippen LogP contribution in [-0.4, -0.2) is 16.9 Å². The third kappa shape index (κ3) is 4.81. The molecule has 0 spiro atoms. The highest BCUT2D eigenvalue weighted by Gasteiger charge is 2.11. The summed E-state index contributed by atoms with van der Waals surface area (Å²) in [5.74, 6) is -0.0499. The average molecular weight is 312 g/mol. The highest BCUT2D eigenvalue weighted by molar-refractivity contribution is 5.87. The maximum atomic E-state index is 12.2. The molecule has 23 heavy (non-hydrogen) atoms. The summed E-state index contributed by atoms with van der Waals surface area (Å²) in [6.45, 7) is 3.84. The number of nitrogens with two attached hydrogens (primary N) is 1. The maximum absolute atomic E-state index is 12.2. The number of aromatic nitrogens is 1. The van der Waals surface area contributed by atoms with E-state index in [2.05, 4.69) is 15.6 Å². The molecule has 1 aromatic heterocycles. The van der Waals surface area contributed by atoms with E-state index in [0.29, 0.717) is 12.1 Å². The van der Waals surface area contributed by atoms with Crippen molar-refractivity contribution in [2.24, 2.45) is 5.73 Å². The molecular formula is C17H20N4O2. The molecule has 4 N–H and O–H groups in total. The molecule has 0 bridgehead atoms. The molecule has 1 unspecified atom stereocenters. The van der Waals surface area contributed by atoms with E-state index in [1.54, 1.807) is 24.5 Å². The number of nitrogens with zero attached hydrogens (tertiary/aromatic N) is 1. The Morgan fingerprint density at radius 3 is 2.52 bits per heavy atom. The number of hydrogen-bond acceptors (Lipinski definition) is 3. The van der Waals surface area contributed by atoms with Crippen molar-refractivity contribution in [1.82, 2.24) is 10.3 Å². The van der Waals surface area contributed by atoms with Crippen molar-refractivity contribution < 1.29 is 9.59 Å². The first-order valence-electron chi connectivity index (χ1n) is 7.31. The van der Waals surface area contributed by atoms with E-state index in [9.17, 15) is 9.59 Å². The van der Waals surface area contributed by atoms with Crippen LogP contribution in [0.1, 0.15) is 29.7 Å². The number of rotatable bonds is 5. The normalized spacial score (nSPS) is 11.6. The molecular weight excluding hydrogens is 292 g/mol. The molecule has 6 heteroatoms. The number of urea groups is 1. The lowest BCUT2D eigenvalue weighted by atomic mass is 10.1. The summed E-state index contributed by atoms with van der Waals surface area (Å²) in [5.41, 5.74) is 8.59. The number of primary amides is 1. The van der Waals surface area contributed by atoms with Gasteiger partial charge in [-0.25, -0.2) is 4.79 Å². The van der Waals surface area contributed by atoms with Gasteiger partial charge in [0.05, 0.1) is 12.5 Å². The summed E-state index contributed by atoms with van der Waals surface area (Å²) in [6, 6.07) is 8.29. The second-order valence-corrected chi connectivity index (χ2v) is 5.38. The Labute approximate surface area is 135 Å². The Kier molecular flexibility index (Phi) is 5.30. The molecule has 1 atom stereocenters. The van der Waals surface area contributed by atoms with E-state index < -0.39 is 6.03 Å². The number of carbonyl (C=O) groups excluding carboxylic acids is 2.